The molecule has 1 N–H and O–H groups in total. The molecule has 5 nitrogen and oxygen atoms in total. The minimum atomic E-state index is -0.223. The van der Waals surface area contributed by atoms with Gasteiger partial charge in [0.15, 0.2) is 6.61 Å². The van der Waals surface area contributed by atoms with Gasteiger partial charge in [-0.25, -0.2) is 0 Å². The van der Waals surface area contributed by atoms with E-state index in [9.17, 15) is 9.59 Å². The highest BCUT2D eigenvalue weighted by atomic mass is 16.5. The average Bonchev–Trinajstić information content (AvgIpc) is 2.76. The maximum Gasteiger partial charge on any atom is 0.265 e. The standard InChI is InChI=1S/C24H22N2O3/c1-17(18-11-13-20(14-12-18)19-7-3-2-4-8-19)25-23(27)15-26-21-9-5-6-10-22(21)29-16-24(26)28/h2-14,17H,15-16H2,1H3,(H,25,27)/t17-/m1/s1. The molecule has 0 unspecified atom stereocenters. The van der Waals surface area contributed by atoms with E-state index in [1.807, 2.05) is 49.4 Å². The van der Waals surface area contributed by atoms with E-state index in [1.165, 1.54) is 4.90 Å². The summed E-state index contributed by atoms with van der Waals surface area (Å²) >= 11 is 0. The molecule has 0 saturated heterocycles. The second-order valence-corrected chi connectivity index (χ2v) is 7.01. The average molecular weight is 386 g/mol. The molecular formula is C24H22N2O3. The summed E-state index contributed by atoms with van der Waals surface area (Å²) in [6, 6.07) is 25.4. The molecular weight excluding hydrogens is 364 g/mol. The number of nitrogens with zero attached hydrogens (tertiary/aromatic N) is 1. The zero-order valence-electron chi connectivity index (χ0n) is 16.2. The molecule has 0 bridgehead atoms. The van der Waals surface area contributed by atoms with Crippen LogP contribution < -0.4 is 15.0 Å². The van der Waals surface area contributed by atoms with Crippen molar-refractivity contribution in [2.75, 3.05) is 18.1 Å². The largest absolute Gasteiger partial charge is 0.482 e. The lowest BCUT2D eigenvalue weighted by molar-refractivity contribution is -0.125. The van der Waals surface area contributed by atoms with Gasteiger partial charge >= 0.3 is 0 Å². The van der Waals surface area contributed by atoms with Gasteiger partial charge in [-0.3, -0.25) is 14.5 Å². The number of ether oxygens (including phenoxy) is 1. The molecule has 5 heteroatoms. The van der Waals surface area contributed by atoms with E-state index in [0.29, 0.717) is 11.4 Å². The van der Waals surface area contributed by atoms with Crippen molar-refractivity contribution in [3.8, 4) is 16.9 Å². The summed E-state index contributed by atoms with van der Waals surface area (Å²) in [5.74, 6) is 0.179. The van der Waals surface area contributed by atoms with Gasteiger partial charge in [-0.15, -0.1) is 0 Å². The number of carbonyl (C=O) groups is 2. The van der Waals surface area contributed by atoms with Crippen molar-refractivity contribution in [2.24, 2.45) is 0 Å². The van der Waals surface area contributed by atoms with E-state index >= 15 is 0 Å². The van der Waals surface area contributed by atoms with Gasteiger partial charge in [0.05, 0.1) is 11.7 Å². The molecule has 1 heterocycles. The topological polar surface area (TPSA) is 58.6 Å². The first kappa shape index (κ1) is 18.7. The molecule has 1 aliphatic rings. The fourth-order valence-corrected chi connectivity index (χ4v) is 3.44. The van der Waals surface area contributed by atoms with E-state index in [2.05, 4.69) is 29.6 Å². The van der Waals surface area contributed by atoms with E-state index < -0.39 is 0 Å². The Morgan fingerprint density at radius 1 is 0.966 bits per heavy atom. The molecule has 3 aromatic carbocycles. The lowest BCUT2D eigenvalue weighted by Gasteiger charge is -2.29. The van der Waals surface area contributed by atoms with Gasteiger partial charge in [-0.05, 0) is 35.7 Å². The SMILES string of the molecule is C[C@@H](NC(=O)CN1C(=O)COc2ccccc21)c1ccc(-c2ccccc2)cc1. The van der Waals surface area contributed by atoms with E-state index in [-0.39, 0.29) is 31.0 Å². The van der Waals surface area contributed by atoms with E-state index in [0.717, 1.165) is 16.7 Å². The highest BCUT2D eigenvalue weighted by Gasteiger charge is 2.27. The summed E-state index contributed by atoms with van der Waals surface area (Å²) in [6.07, 6.45) is 0. The molecule has 0 aromatic heterocycles. The van der Waals surface area contributed by atoms with Crippen LogP contribution in [0.5, 0.6) is 5.75 Å². The van der Waals surface area contributed by atoms with Crippen LogP contribution in [0.2, 0.25) is 0 Å². The Bertz CT molecular complexity index is 1020. The number of hydrogen-bond donors (Lipinski definition) is 1. The van der Waals surface area contributed by atoms with Crippen molar-refractivity contribution in [1.82, 2.24) is 5.32 Å². The normalized spacial score (nSPS) is 14.0. The molecule has 0 saturated carbocycles. The minimum Gasteiger partial charge on any atom is -0.482 e. The van der Waals surface area contributed by atoms with E-state index in [1.54, 1.807) is 12.1 Å². The Labute approximate surface area is 169 Å². The molecule has 4 rings (SSSR count). The van der Waals surface area contributed by atoms with Crippen molar-refractivity contribution in [2.45, 2.75) is 13.0 Å². The van der Waals surface area contributed by atoms with Crippen molar-refractivity contribution in [3.63, 3.8) is 0 Å². The Hall–Kier alpha value is -3.60. The highest BCUT2D eigenvalue weighted by Crippen LogP contribution is 2.31. The maximum absolute atomic E-state index is 12.6. The summed E-state index contributed by atoms with van der Waals surface area (Å²) in [7, 11) is 0. The number of fused-ring (bicyclic) bond motifs is 1. The third kappa shape index (κ3) is 4.14. The zero-order valence-corrected chi connectivity index (χ0v) is 16.2. The second kappa shape index (κ2) is 8.19. The van der Waals surface area contributed by atoms with Crippen LogP contribution in [0.3, 0.4) is 0 Å². The summed E-state index contributed by atoms with van der Waals surface area (Å²) in [5, 5.41) is 2.98. The number of rotatable bonds is 5. The first-order valence-corrected chi connectivity index (χ1v) is 9.59. The number of nitrogens with one attached hydrogen (secondary N) is 1. The molecule has 1 atom stereocenters. The molecule has 3 aromatic rings. The monoisotopic (exact) mass is 386 g/mol. The van der Waals surface area contributed by atoms with Gasteiger partial charge in [-0.2, -0.15) is 0 Å². The van der Waals surface area contributed by atoms with Crippen molar-refractivity contribution < 1.29 is 14.3 Å². The van der Waals surface area contributed by atoms with Gasteiger partial charge in [0.1, 0.15) is 12.3 Å². The minimum absolute atomic E-state index is 0.0361. The Morgan fingerprint density at radius 2 is 1.62 bits per heavy atom. The van der Waals surface area contributed by atoms with Crippen LogP contribution in [-0.2, 0) is 9.59 Å². The molecule has 29 heavy (non-hydrogen) atoms. The number of anilines is 1. The lowest BCUT2D eigenvalue weighted by atomic mass is 10.0. The number of benzene rings is 3. The van der Waals surface area contributed by atoms with Crippen LogP contribution in [0.25, 0.3) is 11.1 Å². The maximum atomic E-state index is 12.6. The Kier molecular flexibility index (Phi) is 5.29. The molecule has 146 valence electrons. The smallest absolute Gasteiger partial charge is 0.265 e. The predicted octanol–water partition coefficient (Wildman–Crippen LogP) is 3.96. The summed E-state index contributed by atoms with van der Waals surface area (Å²) in [5.41, 5.74) is 3.91. The van der Waals surface area contributed by atoms with E-state index in [4.69, 9.17) is 4.74 Å². The number of carbonyl (C=O) groups excluding carboxylic acids is 2. The van der Waals surface area contributed by atoms with Gasteiger partial charge in [0.2, 0.25) is 5.91 Å². The molecule has 0 fully saturated rings. The Balaban J connectivity index is 1.42. The fraction of sp³-hybridized carbons (Fsp3) is 0.167. The third-order valence-corrected chi connectivity index (χ3v) is 5.01. The van der Waals surface area contributed by atoms with Gasteiger partial charge in [0, 0.05) is 0 Å². The van der Waals surface area contributed by atoms with Crippen LogP contribution in [0.4, 0.5) is 5.69 Å². The van der Waals surface area contributed by atoms with Gasteiger partial charge in [0.25, 0.3) is 5.91 Å². The van der Waals surface area contributed by atoms with Gasteiger partial charge in [-0.1, -0.05) is 66.7 Å². The van der Waals surface area contributed by atoms with Gasteiger partial charge < -0.3 is 10.1 Å². The Morgan fingerprint density at radius 3 is 2.38 bits per heavy atom. The fourth-order valence-electron chi connectivity index (χ4n) is 3.44. The number of amides is 2. The van der Waals surface area contributed by atoms with Crippen molar-refractivity contribution in [3.05, 3.63) is 84.4 Å². The first-order chi connectivity index (χ1) is 14.1. The third-order valence-electron chi connectivity index (χ3n) is 5.01. The highest BCUT2D eigenvalue weighted by molar-refractivity contribution is 6.02. The number of hydrogen-bond acceptors (Lipinski definition) is 3. The summed E-state index contributed by atoms with van der Waals surface area (Å²) in [4.78, 5) is 26.3. The quantitative estimate of drug-likeness (QED) is 0.722. The molecule has 0 spiro atoms. The van der Waals surface area contributed by atoms with Crippen molar-refractivity contribution >= 4 is 17.5 Å². The molecule has 0 aliphatic carbocycles. The number of para-hydroxylation sites is 2. The second-order valence-electron chi connectivity index (χ2n) is 7.01. The van der Waals surface area contributed by atoms with Crippen LogP contribution >= 0.6 is 0 Å². The zero-order chi connectivity index (χ0) is 20.2. The molecule has 1 aliphatic heterocycles. The lowest BCUT2D eigenvalue weighted by Crippen LogP contribution is -2.45. The van der Waals surface area contributed by atoms with Crippen molar-refractivity contribution in [1.29, 1.82) is 0 Å². The van der Waals surface area contributed by atoms with Crippen LogP contribution in [0, 0.1) is 0 Å². The summed E-state index contributed by atoms with van der Waals surface area (Å²) in [6.45, 7) is 1.84. The molecule has 0 radical (unpaired) electrons. The van der Waals surface area contributed by atoms with Crippen LogP contribution in [0.1, 0.15) is 18.5 Å². The molecule has 2 amide bonds. The first-order valence-electron chi connectivity index (χ1n) is 9.59. The summed E-state index contributed by atoms with van der Waals surface area (Å²) < 4.78 is 5.42. The van der Waals surface area contributed by atoms with Crippen LogP contribution in [-0.4, -0.2) is 25.0 Å². The predicted molar refractivity (Wildman–Crippen MR) is 113 cm³/mol. The van der Waals surface area contributed by atoms with Crippen LogP contribution in [0.15, 0.2) is 78.9 Å².